The van der Waals surface area contributed by atoms with Crippen LogP contribution in [0.25, 0.3) is 0 Å². The first-order valence-electron chi connectivity index (χ1n) is 8.19. The molecule has 0 spiro atoms. The van der Waals surface area contributed by atoms with Gasteiger partial charge < -0.3 is 14.4 Å². The Labute approximate surface area is 140 Å². The number of nitrogens with zero attached hydrogens (tertiary/aromatic N) is 3. The number of carbonyl (C=O) groups excluding carboxylic acids is 1. The predicted molar refractivity (Wildman–Crippen MR) is 87.1 cm³/mol. The zero-order chi connectivity index (χ0) is 16.5. The first-order valence-corrected chi connectivity index (χ1v) is 8.19. The summed E-state index contributed by atoms with van der Waals surface area (Å²) in [5.74, 6) is 1.44. The summed E-state index contributed by atoms with van der Waals surface area (Å²) in [6.45, 7) is 3.52. The van der Waals surface area contributed by atoms with Crippen LogP contribution < -0.4 is 9.47 Å². The van der Waals surface area contributed by atoms with E-state index in [1.165, 1.54) is 0 Å². The van der Waals surface area contributed by atoms with Crippen LogP contribution >= 0.6 is 0 Å². The molecule has 1 aliphatic carbocycles. The molecule has 4 rings (SSSR count). The molecule has 2 aliphatic rings. The molecule has 1 aromatic heterocycles. The molecule has 2 aromatic rings. The van der Waals surface area contributed by atoms with Crippen molar-refractivity contribution in [3.63, 3.8) is 0 Å². The molecule has 1 aliphatic heterocycles. The van der Waals surface area contributed by atoms with Crippen LogP contribution in [0.1, 0.15) is 34.6 Å². The molecule has 0 radical (unpaired) electrons. The van der Waals surface area contributed by atoms with Crippen LogP contribution in [0.2, 0.25) is 0 Å². The van der Waals surface area contributed by atoms with Crippen molar-refractivity contribution in [2.45, 2.75) is 32.4 Å². The minimum Gasteiger partial charge on any atom is -0.486 e. The number of hydrogen-bond donors (Lipinski definition) is 0. The van der Waals surface area contributed by atoms with Crippen molar-refractivity contribution in [2.75, 3.05) is 13.2 Å². The summed E-state index contributed by atoms with van der Waals surface area (Å²) in [6.07, 6.45) is 5.25. The van der Waals surface area contributed by atoms with Crippen LogP contribution in [0.3, 0.4) is 0 Å². The molecule has 2 heterocycles. The average molecular weight is 325 g/mol. The van der Waals surface area contributed by atoms with E-state index < -0.39 is 0 Å². The Morgan fingerprint density at radius 2 is 1.96 bits per heavy atom. The van der Waals surface area contributed by atoms with Crippen molar-refractivity contribution in [3.8, 4) is 11.5 Å². The summed E-state index contributed by atoms with van der Waals surface area (Å²) in [4.78, 5) is 23.1. The number of benzene rings is 1. The fourth-order valence-electron chi connectivity index (χ4n) is 2.79. The quantitative estimate of drug-likeness (QED) is 0.863. The highest BCUT2D eigenvalue weighted by Gasteiger charge is 2.34. The average Bonchev–Trinajstić information content (AvgIpc) is 3.44. The second kappa shape index (κ2) is 6.11. The highest BCUT2D eigenvalue weighted by atomic mass is 16.6. The molecule has 6 heteroatoms. The monoisotopic (exact) mass is 325 g/mol. The van der Waals surface area contributed by atoms with E-state index in [1.807, 2.05) is 30.0 Å². The topological polar surface area (TPSA) is 64.6 Å². The van der Waals surface area contributed by atoms with Crippen molar-refractivity contribution >= 4 is 5.91 Å². The van der Waals surface area contributed by atoms with Crippen LogP contribution in [0.5, 0.6) is 11.5 Å². The van der Waals surface area contributed by atoms with Crippen molar-refractivity contribution in [1.29, 1.82) is 0 Å². The van der Waals surface area contributed by atoms with Crippen LogP contribution in [0.15, 0.2) is 30.6 Å². The zero-order valence-electron chi connectivity index (χ0n) is 13.6. The standard InChI is InChI=1S/C18H19N3O3/c1-12-9-20-15(10-19-12)18(22)21(14-3-4-14)11-13-2-5-16-17(8-13)24-7-6-23-16/h2,5,8-10,14H,3-4,6-7,11H2,1H3. The lowest BCUT2D eigenvalue weighted by molar-refractivity contribution is 0.0723. The summed E-state index contributed by atoms with van der Waals surface area (Å²) in [5, 5.41) is 0. The lowest BCUT2D eigenvalue weighted by Gasteiger charge is -2.24. The van der Waals surface area contributed by atoms with E-state index in [-0.39, 0.29) is 11.9 Å². The second-order valence-electron chi connectivity index (χ2n) is 6.19. The van der Waals surface area contributed by atoms with Gasteiger partial charge in [-0.1, -0.05) is 6.07 Å². The highest BCUT2D eigenvalue weighted by molar-refractivity contribution is 5.92. The number of rotatable bonds is 4. The SMILES string of the molecule is Cc1cnc(C(=O)N(Cc2ccc3c(c2)OCCO3)C2CC2)cn1. The van der Waals surface area contributed by atoms with Crippen molar-refractivity contribution in [2.24, 2.45) is 0 Å². The first-order chi connectivity index (χ1) is 11.7. The third kappa shape index (κ3) is 3.04. The van der Waals surface area contributed by atoms with Crippen molar-refractivity contribution in [3.05, 3.63) is 47.5 Å². The Kier molecular flexibility index (Phi) is 3.80. The molecule has 1 aromatic carbocycles. The molecule has 24 heavy (non-hydrogen) atoms. The van der Waals surface area contributed by atoms with Crippen LogP contribution in [-0.2, 0) is 6.54 Å². The minimum atomic E-state index is -0.0695. The third-order valence-electron chi connectivity index (χ3n) is 4.21. The van der Waals surface area contributed by atoms with Crippen LogP contribution in [0.4, 0.5) is 0 Å². The second-order valence-corrected chi connectivity index (χ2v) is 6.19. The number of aryl methyl sites for hydroxylation is 1. The molecule has 1 saturated carbocycles. The van der Waals surface area contributed by atoms with Gasteiger partial charge in [0.15, 0.2) is 11.5 Å². The molecule has 124 valence electrons. The number of aromatic nitrogens is 2. The van der Waals surface area contributed by atoms with Crippen molar-refractivity contribution < 1.29 is 14.3 Å². The normalized spacial score (nSPS) is 15.9. The van der Waals surface area contributed by atoms with Gasteiger partial charge in [-0.05, 0) is 37.5 Å². The lowest BCUT2D eigenvalue weighted by Crippen LogP contribution is -2.33. The Bertz CT molecular complexity index is 757. The Hall–Kier alpha value is -2.63. The maximum Gasteiger partial charge on any atom is 0.274 e. The minimum absolute atomic E-state index is 0.0695. The van der Waals surface area contributed by atoms with Gasteiger partial charge in [0.2, 0.25) is 0 Å². The van der Waals surface area contributed by atoms with E-state index >= 15 is 0 Å². The van der Waals surface area contributed by atoms with Gasteiger partial charge in [0.25, 0.3) is 5.91 Å². The fraction of sp³-hybridized carbons (Fsp3) is 0.389. The lowest BCUT2D eigenvalue weighted by atomic mass is 10.1. The number of amides is 1. The van der Waals surface area contributed by atoms with E-state index in [0.717, 1.165) is 35.6 Å². The highest BCUT2D eigenvalue weighted by Crippen LogP contribution is 2.33. The van der Waals surface area contributed by atoms with E-state index in [9.17, 15) is 4.79 Å². The summed E-state index contributed by atoms with van der Waals surface area (Å²) in [6, 6.07) is 6.13. The molecule has 1 amide bonds. The molecular weight excluding hydrogens is 306 g/mol. The van der Waals surface area contributed by atoms with Gasteiger partial charge in [-0.3, -0.25) is 9.78 Å². The Balaban J connectivity index is 1.55. The molecule has 0 saturated heterocycles. The van der Waals surface area contributed by atoms with Gasteiger partial charge in [0.1, 0.15) is 18.9 Å². The third-order valence-corrected chi connectivity index (χ3v) is 4.21. The largest absolute Gasteiger partial charge is 0.486 e. The fourth-order valence-corrected chi connectivity index (χ4v) is 2.79. The van der Waals surface area contributed by atoms with Gasteiger partial charge in [-0.25, -0.2) is 4.98 Å². The van der Waals surface area contributed by atoms with Gasteiger partial charge in [-0.15, -0.1) is 0 Å². The number of fused-ring (bicyclic) bond motifs is 1. The van der Waals surface area contributed by atoms with Gasteiger partial charge in [0.05, 0.1) is 11.9 Å². The van der Waals surface area contributed by atoms with Crippen molar-refractivity contribution in [1.82, 2.24) is 14.9 Å². The molecule has 0 unspecified atom stereocenters. The Morgan fingerprint density at radius 1 is 1.17 bits per heavy atom. The Morgan fingerprint density at radius 3 is 2.67 bits per heavy atom. The van der Waals surface area contributed by atoms with Gasteiger partial charge in [0, 0.05) is 18.8 Å². The molecule has 1 fully saturated rings. The summed E-state index contributed by atoms with van der Waals surface area (Å²) < 4.78 is 11.2. The zero-order valence-corrected chi connectivity index (χ0v) is 13.6. The molecular formula is C18H19N3O3. The van der Waals surface area contributed by atoms with E-state index in [0.29, 0.717) is 25.5 Å². The predicted octanol–water partition coefficient (Wildman–Crippen LogP) is 2.36. The summed E-state index contributed by atoms with van der Waals surface area (Å²) >= 11 is 0. The summed E-state index contributed by atoms with van der Waals surface area (Å²) in [5.41, 5.74) is 2.22. The number of ether oxygens (including phenoxy) is 2. The molecule has 0 bridgehead atoms. The maximum absolute atomic E-state index is 12.8. The van der Waals surface area contributed by atoms with Gasteiger partial charge >= 0.3 is 0 Å². The van der Waals surface area contributed by atoms with E-state index in [2.05, 4.69) is 9.97 Å². The van der Waals surface area contributed by atoms with Crippen LogP contribution in [0, 0.1) is 6.92 Å². The summed E-state index contributed by atoms with van der Waals surface area (Å²) in [7, 11) is 0. The molecule has 0 N–H and O–H groups in total. The van der Waals surface area contributed by atoms with Gasteiger partial charge in [-0.2, -0.15) is 0 Å². The molecule has 0 atom stereocenters. The number of hydrogen-bond acceptors (Lipinski definition) is 5. The number of carbonyl (C=O) groups is 1. The first kappa shape index (κ1) is 14.9. The maximum atomic E-state index is 12.8. The van der Waals surface area contributed by atoms with E-state index in [4.69, 9.17) is 9.47 Å². The van der Waals surface area contributed by atoms with E-state index in [1.54, 1.807) is 12.4 Å². The van der Waals surface area contributed by atoms with Crippen LogP contribution in [-0.4, -0.2) is 40.0 Å². The molecule has 6 nitrogen and oxygen atoms in total. The smallest absolute Gasteiger partial charge is 0.274 e.